The Morgan fingerprint density at radius 3 is 2.39 bits per heavy atom. The fourth-order valence-electron chi connectivity index (χ4n) is 2.98. The molecular formula is C20H22FN3O4. The number of para-hydroxylation sites is 1. The summed E-state index contributed by atoms with van der Waals surface area (Å²) in [6, 6.07) is 10.9. The maximum atomic E-state index is 13.2. The molecular weight excluding hydrogens is 365 g/mol. The van der Waals surface area contributed by atoms with Crippen molar-refractivity contribution in [3.05, 3.63) is 75.6 Å². The third-order valence-electron chi connectivity index (χ3n) is 4.43. The second kappa shape index (κ2) is 9.59. The van der Waals surface area contributed by atoms with Gasteiger partial charge in [0.25, 0.3) is 5.69 Å². The molecule has 0 bridgehead atoms. The maximum Gasteiger partial charge on any atom is 0.273 e. The zero-order valence-corrected chi connectivity index (χ0v) is 15.7. The number of hydrogen-bond acceptors (Lipinski definition) is 4. The van der Waals surface area contributed by atoms with Gasteiger partial charge in [-0.15, -0.1) is 0 Å². The molecule has 2 aromatic carbocycles. The first-order chi connectivity index (χ1) is 13.4. The molecule has 0 aromatic heterocycles. The van der Waals surface area contributed by atoms with Crippen molar-refractivity contribution >= 4 is 17.5 Å². The Kier molecular flexibility index (Phi) is 7.20. The number of nitro benzene ring substituents is 1. The minimum absolute atomic E-state index is 0.0890. The lowest BCUT2D eigenvalue weighted by atomic mass is 10.1. The molecule has 2 amide bonds. The normalized spacial score (nSPS) is 11.5. The predicted molar refractivity (Wildman–Crippen MR) is 102 cm³/mol. The monoisotopic (exact) mass is 387 g/mol. The summed E-state index contributed by atoms with van der Waals surface area (Å²) in [5, 5.41) is 13.8. The van der Waals surface area contributed by atoms with Crippen LogP contribution >= 0.6 is 0 Å². The lowest BCUT2D eigenvalue weighted by molar-refractivity contribution is -0.385. The van der Waals surface area contributed by atoms with Gasteiger partial charge in [-0.3, -0.25) is 19.7 Å². The van der Waals surface area contributed by atoms with Crippen molar-refractivity contribution in [1.82, 2.24) is 10.2 Å². The van der Waals surface area contributed by atoms with Gasteiger partial charge in [0.1, 0.15) is 11.9 Å². The van der Waals surface area contributed by atoms with Gasteiger partial charge in [0.15, 0.2) is 0 Å². The van der Waals surface area contributed by atoms with Crippen LogP contribution in [0.15, 0.2) is 48.5 Å². The SMILES string of the molecule is CC[C@@H](C(=O)NC)N(Cc1ccc(F)cc1)C(=O)Cc1ccccc1[N+](=O)[O-]. The molecule has 8 heteroatoms. The molecule has 0 saturated heterocycles. The van der Waals surface area contributed by atoms with E-state index in [0.29, 0.717) is 12.0 Å². The Morgan fingerprint density at radius 1 is 1.18 bits per heavy atom. The van der Waals surface area contributed by atoms with Crippen LogP contribution in [0, 0.1) is 15.9 Å². The Bertz CT molecular complexity index is 855. The third-order valence-corrected chi connectivity index (χ3v) is 4.43. The van der Waals surface area contributed by atoms with E-state index in [1.807, 2.05) is 0 Å². The maximum absolute atomic E-state index is 13.2. The van der Waals surface area contributed by atoms with E-state index >= 15 is 0 Å². The average molecular weight is 387 g/mol. The van der Waals surface area contributed by atoms with Gasteiger partial charge in [-0.1, -0.05) is 37.3 Å². The van der Waals surface area contributed by atoms with Crippen molar-refractivity contribution < 1.29 is 18.9 Å². The van der Waals surface area contributed by atoms with E-state index in [4.69, 9.17) is 0 Å². The predicted octanol–water partition coefficient (Wildman–Crippen LogP) is 2.83. The van der Waals surface area contributed by atoms with Crippen LogP contribution < -0.4 is 5.32 Å². The highest BCUT2D eigenvalue weighted by molar-refractivity contribution is 5.88. The lowest BCUT2D eigenvalue weighted by Gasteiger charge is -2.30. The van der Waals surface area contributed by atoms with Crippen LogP contribution in [0.25, 0.3) is 0 Å². The van der Waals surface area contributed by atoms with Crippen LogP contribution in [0.4, 0.5) is 10.1 Å². The second-order valence-electron chi connectivity index (χ2n) is 6.25. The Balaban J connectivity index is 2.34. The fourth-order valence-corrected chi connectivity index (χ4v) is 2.98. The Hall–Kier alpha value is -3.29. The number of nitrogens with zero attached hydrogens (tertiary/aromatic N) is 2. The number of carbonyl (C=O) groups excluding carboxylic acids is 2. The van der Waals surface area contributed by atoms with Crippen LogP contribution in [0.1, 0.15) is 24.5 Å². The number of halogens is 1. The number of rotatable bonds is 8. The van der Waals surface area contributed by atoms with Crippen molar-refractivity contribution in [3.63, 3.8) is 0 Å². The smallest absolute Gasteiger partial charge is 0.273 e. The van der Waals surface area contributed by atoms with E-state index in [2.05, 4.69) is 5.32 Å². The van der Waals surface area contributed by atoms with Crippen molar-refractivity contribution in [2.45, 2.75) is 32.4 Å². The molecule has 0 radical (unpaired) electrons. The van der Waals surface area contributed by atoms with E-state index in [-0.39, 0.29) is 30.1 Å². The van der Waals surface area contributed by atoms with Gasteiger partial charge in [0.2, 0.25) is 11.8 Å². The summed E-state index contributed by atoms with van der Waals surface area (Å²) in [5.74, 6) is -1.16. The summed E-state index contributed by atoms with van der Waals surface area (Å²) in [6.07, 6.45) is 0.148. The highest BCUT2D eigenvalue weighted by Crippen LogP contribution is 2.21. The molecule has 28 heavy (non-hydrogen) atoms. The van der Waals surface area contributed by atoms with Crippen molar-refractivity contribution in [3.8, 4) is 0 Å². The Labute approximate surface area is 162 Å². The zero-order chi connectivity index (χ0) is 20.7. The molecule has 0 saturated carbocycles. The first-order valence-corrected chi connectivity index (χ1v) is 8.85. The number of nitro groups is 1. The van der Waals surface area contributed by atoms with Crippen LogP contribution in [-0.4, -0.2) is 34.7 Å². The number of likely N-dealkylation sites (N-methyl/N-ethyl adjacent to an activating group) is 1. The van der Waals surface area contributed by atoms with Crippen LogP contribution in [0.2, 0.25) is 0 Å². The largest absolute Gasteiger partial charge is 0.357 e. The summed E-state index contributed by atoms with van der Waals surface area (Å²) < 4.78 is 13.2. The van der Waals surface area contributed by atoms with Crippen LogP contribution in [-0.2, 0) is 22.6 Å². The van der Waals surface area contributed by atoms with E-state index < -0.39 is 22.7 Å². The van der Waals surface area contributed by atoms with Crippen molar-refractivity contribution in [2.24, 2.45) is 0 Å². The van der Waals surface area contributed by atoms with Gasteiger partial charge in [0, 0.05) is 25.2 Å². The molecule has 1 N–H and O–H groups in total. The van der Waals surface area contributed by atoms with Crippen LogP contribution in [0.5, 0.6) is 0 Å². The number of benzene rings is 2. The highest BCUT2D eigenvalue weighted by Gasteiger charge is 2.29. The number of hydrogen-bond donors (Lipinski definition) is 1. The van der Waals surface area contributed by atoms with E-state index in [1.165, 1.54) is 54.4 Å². The highest BCUT2D eigenvalue weighted by atomic mass is 19.1. The molecule has 0 unspecified atom stereocenters. The molecule has 7 nitrogen and oxygen atoms in total. The molecule has 2 aromatic rings. The number of nitrogens with one attached hydrogen (secondary N) is 1. The second-order valence-corrected chi connectivity index (χ2v) is 6.25. The quantitative estimate of drug-likeness (QED) is 0.557. The van der Waals surface area contributed by atoms with Crippen LogP contribution in [0.3, 0.4) is 0 Å². The van der Waals surface area contributed by atoms with Crippen molar-refractivity contribution in [1.29, 1.82) is 0 Å². The minimum atomic E-state index is -0.745. The summed E-state index contributed by atoms with van der Waals surface area (Å²) in [6.45, 7) is 1.86. The van der Waals surface area contributed by atoms with Gasteiger partial charge in [0.05, 0.1) is 11.3 Å². The first kappa shape index (κ1) is 21.0. The number of amides is 2. The molecule has 0 aliphatic carbocycles. The van der Waals surface area contributed by atoms with Gasteiger partial charge < -0.3 is 10.2 Å². The van der Waals surface area contributed by atoms with E-state index in [1.54, 1.807) is 13.0 Å². The number of carbonyl (C=O) groups is 2. The summed E-state index contributed by atoms with van der Waals surface area (Å²) in [5.41, 5.74) is 0.776. The fraction of sp³-hybridized carbons (Fsp3) is 0.300. The van der Waals surface area contributed by atoms with Gasteiger partial charge in [-0.05, 0) is 24.1 Å². The summed E-state index contributed by atoms with van der Waals surface area (Å²) in [7, 11) is 1.48. The molecule has 0 aliphatic heterocycles. The molecule has 2 rings (SSSR count). The topological polar surface area (TPSA) is 92.6 Å². The molecule has 0 heterocycles. The molecule has 0 fully saturated rings. The van der Waals surface area contributed by atoms with Gasteiger partial charge in [-0.25, -0.2) is 4.39 Å². The summed E-state index contributed by atoms with van der Waals surface area (Å²) in [4.78, 5) is 37.4. The van der Waals surface area contributed by atoms with Gasteiger partial charge >= 0.3 is 0 Å². The van der Waals surface area contributed by atoms with E-state index in [9.17, 15) is 24.1 Å². The Morgan fingerprint density at radius 2 is 1.82 bits per heavy atom. The molecule has 148 valence electrons. The first-order valence-electron chi connectivity index (χ1n) is 8.85. The molecule has 0 aliphatic rings. The molecule has 1 atom stereocenters. The van der Waals surface area contributed by atoms with E-state index in [0.717, 1.165) is 0 Å². The summed E-state index contributed by atoms with van der Waals surface area (Å²) >= 11 is 0. The van der Waals surface area contributed by atoms with Crippen molar-refractivity contribution in [2.75, 3.05) is 7.05 Å². The molecule has 0 spiro atoms. The average Bonchev–Trinajstić information content (AvgIpc) is 2.69. The van der Waals surface area contributed by atoms with Gasteiger partial charge in [-0.2, -0.15) is 0 Å². The zero-order valence-electron chi connectivity index (χ0n) is 15.7. The standard InChI is InChI=1S/C20H22FN3O4/c1-3-17(20(26)22-2)23(13-14-8-10-16(21)11-9-14)19(25)12-15-6-4-5-7-18(15)24(27)28/h4-11,17H,3,12-13H2,1-2H3,(H,22,26)/t17-/m0/s1. The lowest BCUT2D eigenvalue weighted by Crippen LogP contribution is -2.48. The third kappa shape index (κ3) is 5.12. The minimum Gasteiger partial charge on any atom is -0.357 e.